The summed E-state index contributed by atoms with van der Waals surface area (Å²) in [6, 6.07) is 18.4. The van der Waals surface area contributed by atoms with E-state index in [0.29, 0.717) is 24.4 Å². The van der Waals surface area contributed by atoms with E-state index in [1.165, 1.54) is 11.8 Å². The molecule has 1 amide bonds. The molecular formula is C25H32N6O2S. The molecule has 1 fully saturated rings. The van der Waals surface area contributed by atoms with E-state index in [1.54, 1.807) is 0 Å². The van der Waals surface area contributed by atoms with Crippen LogP contribution in [-0.2, 0) is 9.53 Å². The van der Waals surface area contributed by atoms with Crippen molar-refractivity contribution in [2.45, 2.75) is 32.0 Å². The normalized spacial score (nSPS) is 13.8. The van der Waals surface area contributed by atoms with Gasteiger partial charge in [-0.15, -0.1) is 10.2 Å². The highest BCUT2D eigenvalue weighted by Crippen LogP contribution is 2.27. The Balaban J connectivity index is 1.44. The number of ether oxygens (including phenoxy) is 1. The highest BCUT2D eigenvalue weighted by molar-refractivity contribution is 7.99. The van der Waals surface area contributed by atoms with E-state index in [0.717, 1.165) is 42.6 Å². The summed E-state index contributed by atoms with van der Waals surface area (Å²) in [5.41, 5.74) is 2.90. The molecule has 0 aliphatic carbocycles. The zero-order chi connectivity index (χ0) is 23.9. The van der Waals surface area contributed by atoms with Crippen LogP contribution in [0.4, 0.5) is 17.3 Å². The van der Waals surface area contributed by atoms with E-state index in [9.17, 15) is 4.79 Å². The topological polar surface area (TPSA) is 75.5 Å². The Bertz CT molecular complexity index is 1060. The molecule has 0 unspecified atom stereocenters. The van der Waals surface area contributed by atoms with Crippen LogP contribution in [0.3, 0.4) is 0 Å². The largest absolute Gasteiger partial charge is 0.378 e. The van der Waals surface area contributed by atoms with Crippen LogP contribution in [0.25, 0.3) is 5.69 Å². The third-order valence-electron chi connectivity index (χ3n) is 5.70. The molecule has 0 saturated carbocycles. The molecule has 3 aromatic rings. The first-order chi connectivity index (χ1) is 16.6. The van der Waals surface area contributed by atoms with Crippen LogP contribution in [-0.4, -0.2) is 65.3 Å². The average molecular weight is 481 g/mol. The first kappa shape index (κ1) is 24.1. The van der Waals surface area contributed by atoms with Crippen molar-refractivity contribution < 1.29 is 9.53 Å². The van der Waals surface area contributed by atoms with Crippen LogP contribution in [0.2, 0.25) is 0 Å². The van der Waals surface area contributed by atoms with Crippen molar-refractivity contribution >= 4 is 35.0 Å². The van der Waals surface area contributed by atoms with E-state index in [1.807, 2.05) is 59.2 Å². The third-order valence-corrected chi connectivity index (χ3v) is 6.63. The molecule has 4 rings (SSSR count). The maximum atomic E-state index is 12.7. The van der Waals surface area contributed by atoms with Crippen molar-refractivity contribution in [3.63, 3.8) is 0 Å². The van der Waals surface area contributed by atoms with Gasteiger partial charge in [0.1, 0.15) is 0 Å². The van der Waals surface area contributed by atoms with E-state index in [-0.39, 0.29) is 11.7 Å². The molecule has 0 atom stereocenters. The summed E-state index contributed by atoms with van der Waals surface area (Å²) in [5, 5.41) is 12.5. The van der Waals surface area contributed by atoms with Crippen molar-refractivity contribution in [1.82, 2.24) is 14.8 Å². The number of carbonyl (C=O) groups is 1. The number of morpholine rings is 1. The second-order valence-corrected chi connectivity index (χ2v) is 9.26. The van der Waals surface area contributed by atoms with Crippen molar-refractivity contribution in [3.8, 4) is 5.69 Å². The first-order valence-electron chi connectivity index (χ1n) is 11.7. The predicted molar refractivity (Wildman–Crippen MR) is 138 cm³/mol. The molecular weight excluding hydrogens is 448 g/mol. The Morgan fingerprint density at radius 2 is 1.79 bits per heavy atom. The van der Waals surface area contributed by atoms with Gasteiger partial charge >= 0.3 is 0 Å². The van der Waals surface area contributed by atoms with Gasteiger partial charge in [-0.25, -0.2) is 0 Å². The maximum absolute atomic E-state index is 12.7. The molecule has 1 aliphatic rings. The third kappa shape index (κ3) is 5.71. The lowest BCUT2D eigenvalue weighted by Crippen LogP contribution is -2.37. The lowest BCUT2D eigenvalue weighted by molar-refractivity contribution is -0.113. The Kier molecular flexibility index (Phi) is 8.08. The lowest BCUT2D eigenvalue weighted by Gasteiger charge is -2.27. The number of carbonyl (C=O) groups excluding carboxylic acids is 1. The van der Waals surface area contributed by atoms with Gasteiger partial charge in [-0.1, -0.05) is 30.0 Å². The number of nitrogens with zero attached hydrogens (tertiary/aromatic N) is 5. The first-order valence-corrected chi connectivity index (χ1v) is 12.7. The van der Waals surface area contributed by atoms with Gasteiger partial charge in [0.15, 0.2) is 5.16 Å². The van der Waals surface area contributed by atoms with Gasteiger partial charge in [-0.3, -0.25) is 9.36 Å². The maximum Gasteiger partial charge on any atom is 0.234 e. The Morgan fingerprint density at radius 1 is 1.09 bits per heavy atom. The molecule has 0 radical (unpaired) electrons. The van der Waals surface area contributed by atoms with Gasteiger partial charge in [-0.05, 0) is 57.2 Å². The molecule has 0 spiro atoms. The average Bonchev–Trinajstić information content (AvgIpc) is 3.29. The summed E-state index contributed by atoms with van der Waals surface area (Å²) in [5.74, 6) is 0.936. The van der Waals surface area contributed by atoms with E-state index >= 15 is 0 Å². The second kappa shape index (κ2) is 11.4. The minimum Gasteiger partial charge on any atom is -0.378 e. The van der Waals surface area contributed by atoms with Crippen LogP contribution < -0.4 is 15.1 Å². The molecule has 1 aromatic heterocycles. The number of anilines is 3. The number of amides is 1. The molecule has 180 valence electrons. The standard InChI is InChI=1S/C25H32N6O2S/c1-4-30(19(2)3)21-12-10-20(11-13-21)26-23(32)18-34-25-28-27-24(29-14-16-33-17-15-29)31(25)22-8-6-5-7-9-22/h5-13,19H,4,14-18H2,1-3H3,(H,26,32). The van der Waals surface area contributed by atoms with Crippen molar-refractivity contribution in [2.75, 3.05) is 53.7 Å². The Hall–Kier alpha value is -3.04. The molecule has 8 nitrogen and oxygen atoms in total. The van der Waals surface area contributed by atoms with Gasteiger partial charge in [0.2, 0.25) is 11.9 Å². The minimum atomic E-state index is -0.0792. The molecule has 2 aromatic carbocycles. The summed E-state index contributed by atoms with van der Waals surface area (Å²) in [7, 11) is 0. The quantitative estimate of drug-likeness (QED) is 0.463. The summed E-state index contributed by atoms with van der Waals surface area (Å²) in [6.45, 7) is 10.3. The summed E-state index contributed by atoms with van der Waals surface area (Å²) in [4.78, 5) is 17.2. The number of rotatable bonds is 9. The molecule has 1 saturated heterocycles. The van der Waals surface area contributed by atoms with E-state index < -0.39 is 0 Å². The lowest BCUT2D eigenvalue weighted by atomic mass is 10.2. The zero-order valence-electron chi connectivity index (χ0n) is 20.0. The molecule has 9 heteroatoms. The fourth-order valence-electron chi connectivity index (χ4n) is 4.04. The van der Waals surface area contributed by atoms with Gasteiger partial charge in [0, 0.05) is 37.1 Å². The molecule has 34 heavy (non-hydrogen) atoms. The van der Waals surface area contributed by atoms with Crippen molar-refractivity contribution in [2.24, 2.45) is 0 Å². The molecule has 1 N–H and O–H groups in total. The van der Waals surface area contributed by atoms with Gasteiger partial charge in [-0.2, -0.15) is 0 Å². The molecule has 2 heterocycles. The van der Waals surface area contributed by atoms with E-state index in [2.05, 4.69) is 46.1 Å². The summed E-state index contributed by atoms with van der Waals surface area (Å²) in [6.07, 6.45) is 0. The number of thioether (sulfide) groups is 1. The highest BCUT2D eigenvalue weighted by Gasteiger charge is 2.22. The highest BCUT2D eigenvalue weighted by atomic mass is 32.2. The van der Waals surface area contributed by atoms with Crippen LogP contribution in [0, 0.1) is 0 Å². The van der Waals surface area contributed by atoms with Gasteiger partial charge in [0.05, 0.1) is 24.7 Å². The second-order valence-electron chi connectivity index (χ2n) is 8.32. The smallest absolute Gasteiger partial charge is 0.234 e. The van der Waals surface area contributed by atoms with Crippen LogP contribution in [0.1, 0.15) is 20.8 Å². The molecule has 1 aliphatic heterocycles. The Labute approximate surface area is 205 Å². The van der Waals surface area contributed by atoms with Gasteiger partial charge < -0.3 is 19.9 Å². The monoisotopic (exact) mass is 480 g/mol. The molecule has 0 bridgehead atoms. The zero-order valence-corrected chi connectivity index (χ0v) is 20.8. The fraction of sp³-hybridized carbons (Fsp3) is 0.400. The predicted octanol–water partition coefficient (Wildman–Crippen LogP) is 4.07. The number of nitrogens with one attached hydrogen (secondary N) is 1. The Morgan fingerprint density at radius 3 is 2.44 bits per heavy atom. The number of aromatic nitrogens is 3. The van der Waals surface area contributed by atoms with Crippen molar-refractivity contribution in [3.05, 3.63) is 54.6 Å². The van der Waals surface area contributed by atoms with Crippen molar-refractivity contribution in [1.29, 1.82) is 0 Å². The fourth-order valence-corrected chi connectivity index (χ4v) is 4.78. The number of benzene rings is 2. The van der Waals surface area contributed by atoms with Crippen LogP contribution in [0.5, 0.6) is 0 Å². The van der Waals surface area contributed by atoms with Crippen LogP contribution >= 0.6 is 11.8 Å². The van der Waals surface area contributed by atoms with E-state index in [4.69, 9.17) is 4.74 Å². The number of hydrogen-bond acceptors (Lipinski definition) is 7. The summed E-state index contributed by atoms with van der Waals surface area (Å²) < 4.78 is 7.50. The SMILES string of the molecule is CCN(c1ccc(NC(=O)CSc2nnc(N3CCOCC3)n2-c2ccccc2)cc1)C(C)C. The number of hydrogen-bond donors (Lipinski definition) is 1. The van der Waals surface area contributed by atoms with Gasteiger partial charge in [0.25, 0.3) is 0 Å². The number of para-hydroxylation sites is 1. The van der Waals surface area contributed by atoms with Crippen LogP contribution in [0.15, 0.2) is 59.8 Å². The summed E-state index contributed by atoms with van der Waals surface area (Å²) >= 11 is 1.38. The minimum absolute atomic E-state index is 0.0792.